The molecule has 1 aromatic rings. The van der Waals surface area contributed by atoms with Crippen LogP contribution < -0.4 is 5.56 Å². The Morgan fingerprint density at radius 2 is 2.30 bits per heavy atom. The summed E-state index contributed by atoms with van der Waals surface area (Å²) in [6.07, 6.45) is 0. The molecule has 10 heavy (non-hydrogen) atoms. The van der Waals surface area contributed by atoms with Crippen LogP contribution in [0.5, 0.6) is 0 Å². The zero-order valence-electron chi connectivity index (χ0n) is 5.03. The Hall–Kier alpha value is -0.280. The van der Waals surface area contributed by atoms with Crippen molar-refractivity contribution in [2.75, 3.05) is 0 Å². The minimum atomic E-state index is -0.134. The Morgan fingerprint density at radius 1 is 1.60 bits per heavy atom. The summed E-state index contributed by atoms with van der Waals surface area (Å²) in [6, 6.07) is 3.23. The summed E-state index contributed by atoms with van der Waals surface area (Å²) in [5, 5.41) is 0. The molecule has 0 saturated carbocycles. The van der Waals surface area contributed by atoms with Crippen LogP contribution >= 0.6 is 27.5 Å². The van der Waals surface area contributed by atoms with Crippen molar-refractivity contribution in [3.05, 3.63) is 32.7 Å². The third-order valence-electron chi connectivity index (χ3n) is 1.01. The Balaban J connectivity index is 3.19. The van der Waals surface area contributed by atoms with Gasteiger partial charge in [0.15, 0.2) is 0 Å². The van der Waals surface area contributed by atoms with Crippen LogP contribution in [0.15, 0.2) is 21.4 Å². The number of pyridine rings is 1. The predicted octanol–water partition coefficient (Wildman–Crippen LogP) is 1.88. The van der Waals surface area contributed by atoms with Crippen LogP contribution in [0.25, 0.3) is 0 Å². The van der Waals surface area contributed by atoms with Gasteiger partial charge in [0.1, 0.15) is 0 Å². The summed E-state index contributed by atoms with van der Waals surface area (Å²) < 4.78 is 0.756. The second kappa shape index (κ2) is 3.21. The summed E-state index contributed by atoms with van der Waals surface area (Å²) in [6.45, 7) is 0. The van der Waals surface area contributed by atoms with Gasteiger partial charge < -0.3 is 4.98 Å². The lowest BCUT2D eigenvalue weighted by Crippen LogP contribution is -2.05. The summed E-state index contributed by atoms with van der Waals surface area (Å²) in [5.74, 6) is 0.328. The van der Waals surface area contributed by atoms with Crippen LogP contribution in [-0.4, -0.2) is 4.98 Å². The number of hydrogen-bond acceptors (Lipinski definition) is 1. The molecule has 0 radical (unpaired) electrons. The first kappa shape index (κ1) is 7.82. The van der Waals surface area contributed by atoms with Gasteiger partial charge >= 0.3 is 0 Å². The van der Waals surface area contributed by atoms with E-state index in [0.29, 0.717) is 5.88 Å². The maximum atomic E-state index is 10.7. The first-order chi connectivity index (χ1) is 4.72. The third kappa shape index (κ3) is 1.85. The molecule has 0 fully saturated rings. The first-order valence-corrected chi connectivity index (χ1v) is 4.00. The molecular weight excluding hydrogens is 217 g/mol. The molecule has 0 spiro atoms. The van der Waals surface area contributed by atoms with Crippen LogP contribution in [0, 0.1) is 0 Å². The monoisotopic (exact) mass is 221 g/mol. The molecule has 0 aliphatic carbocycles. The van der Waals surface area contributed by atoms with E-state index in [2.05, 4.69) is 20.9 Å². The molecule has 0 amide bonds. The van der Waals surface area contributed by atoms with Gasteiger partial charge in [0.2, 0.25) is 5.56 Å². The highest BCUT2D eigenvalue weighted by molar-refractivity contribution is 9.10. The lowest BCUT2D eigenvalue weighted by Gasteiger charge is -1.93. The molecule has 4 heteroatoms. The third-order valence-corrected chi connectivity index (χ3v) is 1.75. The molecule has 1 rings (SSSR count). The van der Waals surface area contributed by atoms with Crippen LogP contribution in [0.2, 0.25) is 0 Å². The zero-order valence-corrected chi connectivity index (χ0v) is 7.37. The molecule has 0 unspecified atom stereocenters. The SMILES string of the molecule is O=c1cc(Br)cc(CCl)[nH]1. The fourth-order valence-corrected chi connectivity index (χ4v) is 1.26. The second-order valence-electron chi connectivity index (χ2n) is 1.82. The van der Waals surface area contributed by atoms with Crippen molar-refractivity contribution in [2.24, 2.45) is 0 Å². The lowest BCUT2D eigenvalue weighted by molar-refractivity contribution is 1.11. The van der Waals surface area contributed by atoms with Crippen molar-refractivity contribution < 1.29 is 0 Å². The van der Waals surface area contributed by atoms with Gasteiger partial charge in [-0.3, -0.25) is 4.79 Å². The highest BCUT2D eigenvalue weighted by atomic mass is 79.9. The van der Waals surface area contributed by atoms with E-state index in [1.165, 1.54) is 6.07 Å². The van der Waals surface area contributed by atoms with E-state index >= 15 is 0 Å². The number of halogens is 2. The van der Waals surface area contributed by atoms with Gasteiger partial charge in [-0.05, 0) is 6.07 Å². The summed E-state index contributed by atoms with van der Waals surface area (Å²) in [5.41, 5.74) is 0.589. The first-order valence-electron chi connectivity index (χ1n) is 2.67. The predicted molar refractivity (Wildman–Crippen MR) is 44.3 cm³/mol. The minimum absolute atomic E-state index is 0.134. The van der Waals surface area contributed by atoms with Crippen molar-refractivity contribution in [3.8, 4) is 0 Å². The van der Waals surface area contributed by atoms with Crippen LogP contribution in [0.4, 0.5) is 0 Å². The molecule has 1 N–H and O–H groups in total. The molecule has 0 atom stereocenters. The molecule has 54 valence electrons. The molecule has 0 aliphatic heterocycles. The van der Waals surface area contributed by atoms with Crippen molar-refractivity contribution in [1.82, 2.24) is 4.98 Å². The maximum Gasteiger partial charge on any atom is 0.249 e. The quantitative estimate of drug-likeness (QED) is 0.723. The van der Waals surface area contributed by atoms with Crippen LogP contribution in [0.3, 0.4) is 0 Å². The number of rotatable bonds is 1. The smallest absolute Gasteiger partial charge is 0.249 e. The topological polar surface area (TPSA) is 32.9 Å². The molecule has 1 heterocycles. The summed E-state index contributed by atoms with van der Waals surface area (Å²) >= 11 is 8.65. The molecular formula is C6H5BrClNO. The molecule has 0 aliphatic rings. The number of H-pyrrole nitrogens is 1. The van der Waals surface area contributed by atoms with Crippen molar-refractivity contribution >= 4 is 27.5 Å². The Kier molecular flexibility index (Phi) is 2.51. The Labute approximate surface area is 71.3 Å². The average Bonchev–Trinajstić information content (AvgIpc) is 1.85. The van der Waals surface area contributed by atoms with E-state index in [9.17, 15) is 4.79 Å². The van der Waals surface area contributed by atoms with Gasteiger partial charge in [-0.15, -0.1) is 11.6 Å². The highest BCUT2D eigenvalue weighted by Gasteiger charge is 1.93. The van der Waals surface area contributed by atoms with Crippen molar-refractivity contribution in [1.29, 1.82) is 0 Å². The Morgan fingerprint density at radius 3 is 2.80 bits per heavy atom. The largest absolute Gasteiger partial charge is 0.325 e. The van der Waals surface area contributed by atoms with Gasteiger partial charge in [0.05, 0.1) is 5.88 Å². The number of alkyl halides is 1. The number of nitrogens with one attached hydrogen (secondary N) is 1. The van der Waals surface area contributed by atoms with E-state index in [1.807, 2.05) is 0 Å². The molecule has 0 aromatic carbocycles. The van der Waals surface area contributed by atoms with Gasteiger partial charge in [-0.2, -0.15) is 0 Å². The molecule has 0 bridgehead atoms. The lowest BCUT2D eigenvalue weighted by atomic mass is 10.4. The standard InChI is InChI=1S/C6H5BrClNO/c7-4-1-5(3-8)9-6(10)2-4/h1-2H,3H2,(H,9,10). The molecule has 2 nitrogen and oxygen atoms in total. The van der Waals surface area contributed by atoms with Gasteiger partial charge in [0.25, 0.3) is 0 Å². The molecule has 1 aromatic heterocycles. The summed E-state index contributed by atoms with van der Waals surface area (Å²) in [4.78, 5) is 13.3. The van der Waals surface area contributed by atoms with E-state index in [0.717, 1.165) is 10.2 Å². The van der Waals surface area contributed by atoms with E-state index in [-0.39, 0.29) is 5.56 Å². The van der Waals surface area contributed by atoms with E-state index in [4.69, 9.17) is 11.6 Å². The van der Waals surface area contributed by atoms with E-state index < -0.39 is 0 Å². The highest BCUT2D eigenvalue weighted by Crippen LogP contribution is 2.07. The second-order valence-corrected chi connectivity index (χ2v) is 3.00. The normalized spacial score (nSPS) is 9.80. The summed E-state index contributed by atoms with van der Waals surface area (Å²) in [7, 11) is 0. The maximum absolute atomic E-state index is 10.7. The number of hydrogen-bond donors (Lipinski definition) is 1. The zero-order chi connectivity index (χ0) is 7.56. The van der Waals surface area contributed by atoms with Gasteiger partial charge in [0, 0.05) is 16.2 Å². The van der Waals surface area contributed by atoms with Crippen LogP contribution in [0.1, 0.15) is 5.69 Å². The van der Waals surface area contributed by atoms with Crippen LogP contribution in [-0.2, 0) is 5.88 Å². The minimum Gasteiger partial charge on any atom is -0.325 e. The average molecular weight is 222 g/mol. The number of aromatic nitrogens is 1. The molecule has 0 saturated heterocycles. The van der Waals surface area contributed by atoms with Crippen molar-refractivity contribution in [3.63, 3.8) is 0 Å². The number of aromatic amines is 1. The Bertz CT molecular complexity index is 283. The van der Waals surface area contributed by atoms with E-state index in [1.54, 1.807) is 6.07 Å². The fourth-order valence-electron chi connectivity index (χ4n) is 0.636. The van der Waals surface area contributed by atoms with Gasteiger partial charge in [-0.1, -0.05) is 15.9 Å². The fraction of sp³-hybridized carbons (Fsp3) is 0.167. The van der Waals surface area contributed by atoms with Gasteiger partial charge in [-0.25, -0.2) is 0 Å². The van der Waals surface area contributed by atoms with Crippen molar-refractivity contribution in [2.45, 2.75) is 5.88 Å².